The van der Waals surface area contributed by atoms with E-state index in [2.05, 4.69) is 55.1 Å². The van der Waals surface area contributed by atoms with Gasteiger partial charge in [-0.3, -0.25) is 0 Å². The summed E-state index contributed by atoms with van der Waals surface area (Å²) in [6.45, 7) is 10.7. The van der Waals surface area contributed by atoms with Gasteiger partial charge in [0.15, 0.2) is 0 Å². The van der Waals surface area contributed by atoms with Crippen molar-refractivity contribution < 1.29 is 14.3 Å². The van der Waals surface area contributed by atoms with Crippen molar-refractivity contribution in [2.24, 2.45) is 0 Å². The molecule has 1 fully saturated rings. The summed E-state index contributed by atoms with van der Waals surface area (Å²) in [4.78, 5) is 18.1. The predicted molar refractivity (Wildman–Crippen MR) is 97.6 cm³/mol. The summed E-state index contributed by atoms with van der Waals surface area (Å²) < 4.78 is 10.6. The lowest BCUT2D eigenvalue weighted by molar-refractivity contribution is 0.0259. The van der Waals surface area contributed by atoms with Crippen molar-refractivity contribution in [2.45, 2.75) is 20.8 Å². The quantitative estimate of drug-likeness (QED) is 0.839. The maximum atomic E-state index is 12.0. The first-order chi connectivity index (χ1) is 12.0. The van der Waals surface area contributed by atoms with E-state index in [1.54, 1.807) is 4.90 Å². The first kappa shape index (κ1) is 17.6. The van der Waals surface area contributed by atoms with Gasteiger partial charge in [-0.05, 0) is 31.9 Å². The lowest BCUT2D eigenvalue weighted by Crippen LogP contribution is -2.41. The predicted octanol–water partition coefficient (Wildman–Crippen LogP) is 2.63. The molecule has 1 saturated heterocycles. The molecule has 3 rings (SSSR count). The first-order valence-corrected chi connectivity index (χ1v) is 8.81. The highest BCUT2D eigenvalue weighted by molar-refractivity contribution is 5.67. The third-order valence-electron chi connectivity index (χ3n) is 4.59. The molecule has 1 aromatic carbocycles. The Labute approximate surface area is 149 Å². The number of carbonyl (C=O) groups excluding carboxylic acids is 1. The van der Waals surface area contributed by atoms with Gasteiger partial charge in [-0.1, -0.05) is 17.7 Å². The SMILES string of the molecule is Cc1cc(C)c(N2C=CN(CCOC(=O)N3CCOCC3)C2)c(C)c1. The molecule has 0 saturated carbocycles. The van der Waals surface area contributed by atoms with Crippen LogP contribution in [0.15, 0.2) is 24.5 Å². The summed E-state index contributed by atoms with van der Waals surface area (Å²) in [5.74, 6) is 0. The third-order valence-corrected chi connectivity index (χ3v) is 4.59. The molecule has 25 heavy (non-hydrogen) atoms. The van der Waals surface area contributed by atoms with E-state index in [4.69, 9.17) is 9.47 Å². The van der Waals surface area contributed by atoms with E-state index in [-0.39, 0.29) is 6.09 Å². The zero-order valence-corrected chi connectivity index (χ0v) is 15.3. The minimum atomic E-state index is -0.242. The van der Waals surface area contributed by atoms with Gasteiger partial charge >= 0.3 is 6.09 Å². The maximum absolute atomic E-state index is 12.0. The second kappa shape index (κ2) is 7.78. The van der Waals surface area contributed by atoms with Crippen molar-refractivity contribution in [3.05, 3.63) is 41.2 Å². The Morgan fingerprint density at radius 3 is 2.48 bits per heavy atom. The highest BCUT2D eigenvalue weighted by Gasteiger charge is 2.20. The van der Waals surface area contributed by atoms with E-state index in [1.165, 1.54) is 22.4 Å². The summed E-state index contributed by atoms with van der Waals surface area (Å²) in [6, 6.07) is 4.42. The summed E-state index contributed by atoms with van der Waals surface area (Å²) >= 11 is 0. The average molecular weight is 345 g/mol. The Balaban J connectivity index is 1.47. The number of benzene rings is 1. The Morgan fingerprint density at radius 2 is 1.80 bits per heavy atom. The van der Waals surface area contributed by atoms with Crippen LogP contribution in [0.2, 0.25) is 0 Å². The number of hydrogen-bond donors (Lipinski definition) is 0. The zero-order valence-electron chi connectivity index (χ0n) is 15.3. The Hall–Kier alpha value is -2.21. The molecule has 2 aliphatic rings. The van der Waals surface area contributed by atoms with Gasteiger partial charge in [0.2, 0.25) is 0 Å². The summed E-state index contributed by atoms with van der Waals surface area (Å²) in [5.41, 5.74) is 5.11. The van der Waals surface area contributed by atoms with Crippen LogP contribution in [0.5, 0.6) is 0 Å². The number of hydrogen-bond acceptors (Lipinski definition) is 5. The topological polar surface area (TPSA) is 45.2 Å². The van der Waals surface area contributed by atoms with Crippen LogP contribution in [-0.4, -0.2) is 62.0 Å². The number of ether oxygens (including phenoxy) is 2. The molecule has 0 spiro atoms. The number of aryl methyl sites for hydroxylation is 3. The lowest BCUT2D eigenvalue weighted by Gasteiger charge is -2.27. The Bertz CT molecular complexity index is 630. The van der Waals surface area contributed by atoms with Gasteiger partial charge in [-0.2, -0.15) is 0 Å². The molecule has 0 unspecified atom stereocenters. The number of rotatable bonds is 4. The van der Waals surface area contributed by atoms with Gasteiger partial charge in [-0.15, -0.1) is 0 Å². The molecular weight excluding hydrogens is 318 g/mol. The Morgan fingerprint density at radius 1 is 1.12 bits per heavy atom. The van der Waals surface area contributed by atoms with Gasteiger partial charge in [0.05, 0.1) is 26.4 Å². The summed E-state index contributed by atoms with van der Waals surface area (Å²) in [7, 11) is 0. The molecule has 1 aromatic rings. The lowest BCUT2D eigenvalue weighted by atomic mass is 10.0. The number of nitrogens with zero attached hydrogens (tertiary/aromatic N) is 3. The number of carbonyl (C=O) groups is 1. The minimum absolute atomic E-state index is 0.242. The van der Waals surface area contributed by atoms with Crippen molar-refractivity contribution in [2.75, 3.05) is 51.0 Å². The van der Waals surface area contributed by atoms with Gasteiger partial charge < -0.3 is 24.2 Å². The van der Waals surface area contributed by atoms with Crippen LogP contribution in [-0.2, 0) is 9.47 Å². The monoisotopic (exact) mass is 345 g/mol. The van der Waals surface area contributed by atoms with Gasteiger partial charge in [0, 0.05) is 31.2 Å². The van der Waals surface area contributed by atoms with Crippen LogP contribution < -0.4 is 4.90 Å². The largest absolute Gasteiger partial charge is 0.448 e. The van der Waals surface area contributed by atoms with Crippen LogP contribution in [0.4, 0.5) is 10.5 Å². The van der Waals surface area contributed by atoms with Crippen molar-refractivity contribution in [3.63, 3.8) is 0 Å². The summed E-state index contributed by atoms with van der Waals surface area (Å²) in [5, 5.41) is 0. The maximum Gasteiger partial charge on any atom is 0.409 e. The molecule has 0 N–H and O–H groups in total. The van der Waals surface area contributed by atoms with Gasteiger partial charge in [0.25, 0.3) is 0 Å². The molecule has 6 nitrogen and oxygen atoms in total. The molecule has 6 heteroatoms. The fourth-order valence-corrected chi connectivity index (χ4v) is 3.47. The van der Waals surface area contributed by atoms with E-state index in [9.17, 15) is 4.79 Å². The molecule has 0 radical (unpaired) electrons. The Kier molecular flexibility index (Phi) is 5.48. The average Bonchev–Trinajstić information content (AvgIpc) is 3.03. The second-order valence-electron chi connectivity index (χ2n) is 6.68. The van der Waals surface area contributed by atoms with Crippen LogP contribution in [0.3, 0.4) is 0 Å². The number of amides is 1. The fraction of sp³-hybridized carbons (Fsp3) is 0.526. The molecule has 1 amide bonds. The van der Waals surface area contributed by atoms with Crippen molar-refractivity contribution in [1.29, 1.82) is 0 Å². The van der Waals surface area contributed by atoms with Crippen LogP contribution in [0.25, 0.3) is 0 Å². The standard InChI is InChI=1S/C19H27N3O3/c1-15-12-16(2)18(17(3)13-15)22-5-4-20(14-22)6-11-25-19(23)21-7-9-24-10-8-21/h4-5,12-13H,6-11,14H2,1-3H3. The van der Waals surface area contributed by atoms with E-state index >= 15 is 0 Å². The van der Waals surface area contributed by atoms with Crippen LogP contribution >= 0.6 is 0 Å². The van der Waals surface area contributed by atoms with E-state index in [0.717, 1.165) is 6.67 Å². The minimum Gasteiger partial charge on any atom is -0.448 e. The smallest absolute Gasteiger partial charge is 0.409 e. The molecule has 0 atom stereocenters. The molecule has 2 aliphatic heterocycles. The van der Waals surface area contributed by atoms with E-state index in [1.807, 2.05) is 0 Å². The van der Waals surface area contributed by atoms with Crippen molar-refractivity contribution >= 4 is 11.8 Å². The highest BCUT2D eigenvalue weighted by atomic mass is 16.6. The van der Waals surface area contributed by atoms with Crippen LogP contribution in [0.1, 0.15) is 16.7 Å². The number of morpholine rings is 1. The molecule has 0 bridgehead atoms. The normalized spacial score (nSPS) is 17.3. The van der Waals surface area contributed by atoms with Crippen molar-refractivity contribution in [3.8, 4) is 0 Å². The van der Waals surface area contributed by atoms with Gasteiger partial charge in [-0.25, -0.2) is 4.79 Å². The molecule has 0 aliphatic carbocycles. The van der Waals surface area contributed by atoms with E-state index < -0.39 is 0 Å². The molecule has 0 aromatic heterocycles. The van der Waals surface area contributed by atoms with E-state index in [0.29, 0.717) is 39.5 Å². The number of anilines is 1. The van der Waals surface area contributed by atoms with Crippen LogP contribution in [0, 0.1) is 20.8 Å². The van der Waals surface area contributed by atoms with Crippen molar-refractivity contribution in [1.82, 2.24) is 9.80 Å². The zero-order chi connectivity index (χ0) is 17.8. The fourth-order valence-electron chi connectivity index (χ4n) is 3.47. The third kappa shape index (κ3) is 4.25. The van der Waals surface area contributed by atoms with Gasteiger partial charge in [0.1, 0.15) is 6.61 Å². The first-order valence-electron chi connectivity index (χ1n) is 8.81. The highest BCUT2D eigenvalue weighted by Crippen LogP contribution is 2.28. The second-order valence-corrected chi connectivity index (χ2v) is 6.68. The molecule has 2 heterocycles. The molecule has 136 valence electrons. The summed E-state index contributed by atoms with van der Waals surface area (Å²) in [6.07, 6.45) is 3.91. The molecular formula is C19H27N3O3.